The molecule has 2 atom stereocenters. The summed E-state index contributed by atoms with van der Waals surface area (Å²) in [6.07, 6.45) is 1.56. The molecule has 0 fully saturated rings. The molecule has 8 heteroatoms. The van der Waals surface area contributed by atoms with Gasteiger partial charge in [-0.25, -0.2) is 4.99 Å². The molecule has 168 valence electrons. The maximum atomic E-state index is 10.0. The molecule has 0 aliphatic heterocycles. The summed E-state index contributed by atoms with van der Waals surface area (Å²) in [6.45, 7) is 3.32. The van der Waals surface area contributed by atoms with Gasteiger partial charge in [0.2, 0.25) is 5.69 Å². The first-order valence-corrected chi connectivity index (χ1v) is 11.1. The van der Waals surface area contributed by atoms with Crippen LogP contribution in [-0.2, 0) is 25.3 Å². The molecule has 3 aromatic carbocycles. The molecule has 0 aromatic heterocycles. The first-order chi connectivity index (χ1) is 14.9. The van der Waals surface area contributed by atoms with E-state index in [9.17, 15) is 5.11 Å². The summed E-state index contributed by atoms with van der Waals surface area (Å²) < 4.78 is 17.0. The number of aliphatic hydroxyl groups is 3. The van der Waals surface area contributed by atoms with Crippen molar-refractivity contribution in [1.82, 2.24) is 0 Å². The zero-order valence-corrected chi connectivity index (χ0v) is 19.8. The van der Waals surface area contributed by atoms with Gasteiger partial charge in [-0.15, -0.1) is 0 Å². The quantitative estimate of drug-likeness (QED) is 0.268. The van der Waals surface area contributed by atoms with Gasteiger partial charge in [0, 0.05) is 19.2 Å². The van der Waals surface area contributed by atoms with Crippen molar-refractivity contribution in [3.05, 3.63) is 72.3 Å². The van der Waals surface area contributed by atoms with Crippen molar-refractivity contribution in [2.24, 2.45) is 0 Å². The van der Waals surface area contributed by atoms with E-state index in [1.165, 1.54) is 0 Å². The van der Waals surface area contributed by atoms with E-state index in [0.29, 0.717) is 6.42 Å². The van der Waals surface area contributed by atoms with Crippen LogP contribution < -0.4 is 4.99 Å². The number of phenolic OH excluding ortho intramolecular Hbond substituents is 1. The van der Waals surface area contributed by atoms with Crippen molar-refractivity contribution in [3.63, 3.8) is 0 Å². The van der Waals surface area contributed by atoms with Crippen LogP contribution in [0.15, 0.2) is 66.7 Å². The summed E-state index contributed by atoms with van der Waals surface area (Å²) >= 11 is -2.03. The Balaban J connectivity index is 0.000000632. The number of hydrogen-bond donors (Lipinski definition) is 5. The van der Waals surface area contributed by atoms with E-state index in [1.807, 2.05) is 66.9 Å². The Kier molecular flexibility index (Phi) is 15.9. The summed E-state index contributed by atoms with van der Waals surface area (Å²) in [5.74, 6) is 0.280. The van der Waals surface area contributed by atoms with Crippen molar-refractivity contribution in [2.75, 3.05) is 7.11 Å². The molecule has 0 aliphatic carbocycles. The molecule has 3 aromatic rings. The third-order valence-electron chi connectivity index (χ3n) is 3.79. The second kappa shape index (κ2) is 17.3. The normalized spacial score (nSPS) is 11.7. The number of aliphatic hydroxyl groups excluding tert-OH is 3. The topological polar surface area (TPSA) is 129 Å². The van der Waals surface area contributed by atoms with Gasteiger partial charge in [0.1, 0.15) is 5.75 Å². The Morgan fingerprint density at radius 3 is 1.90 bits per heavy atom. The molecule has 0 bridgehead atoms. The van der Waals surface area contributed by atoms with Gasteiger partial charge >= 0.3 is 25.3 Å². The number of phenols is 1. The molecular formula is C23H30MoNO6+. The van der Waals surface area contributed by atoms with Crippen LogP contribution in [0.25, 0.3) is 10.8 Å². The van der Waals surface area contributed by atoms with Gasteiger partial charge in [-0.05, 0) is 37.1 Å². The fourth-order valence-corrected chi connectivity index (χ4v) is 2.62. The summed E-state index contributed by atoms with van der Waals surface area (Å²) in [5.41, 5.74) is 1.80. The Hall–Kier alpha value is -2.44. The number of benzene rings is 3. The van der Waals surface area contributed by atoms with E-state index in [1.54, 1.807) is 19.9 Å². The number of rotatable bonds is 4. The summed E-state index contributed by atoms with van der Waals surface area (Å²) in [6, 6.07) is 21.5. The predicted octanol–water partition coefficient (Wildman–Crippen LogP) is 1.88. The van der Waals surface area contributed by atoms with E-state index < -0.39 is 18.5 Å². The van der Waals surface area contributed by atoms with Crippen LogP contribution in [0.1, 0.15) is 25.8 Å². The molecule has 31 heavy (non-hydrogen) atoms. The fourth-order valence-electron chi connectivity index (χ4n) is 2.62. The molecule has 0 saturated carbocycles. The van der Waals surface area contributed by atoms with Gasteiger partial charge in [0.25, 0.3) is 0 Å². The SMILES string of the molecule is CC(O)CC(C)O.CO.Oc1ccc2ccccc2c1C=[NH+]c1ccccc1.[O]=[Mo]=[O]. The monoisotopic (exact) mass is 514 g/mol. The summed E-state index contributed by atoms with van der Waals surface area (Å²) in [4.78, 5) is 3.21. The number of aromatic hydroxyl groups is 1. The number of nitrogens with one attached hydrogen (secondary N) is 1. The van der Waals surface area contributed by atoms with E-state index in [0.717, 1.165) is 29.1 Å². The zero-order valence-electron chi connectivity index (χ0n) is 17.8. The second-order valence-corrected chi connectivity index (χ2v) is 6.71. The molecule has 3 rings (SSSR count). The van der Waals surface area contributed by atoms with E-state index in [-0.39, 0.29) is 18.0 Å². The van der Waals surface area contributed by atoms with Gasteiger partial charge in [-0.3, -0.25) is 0 Å². The molecular weight excluding hydrogens is 482 g/mol. The Labute approximate surface area is 190 Å². The third kappa shape index (κ3) is 12.1. The Morgan fingerprint density at radius 2 is 1.39 bits per heavy atom. The van der Waals surface area contributed by atoms with Crippen LogP contribution in [0.3, 0.4) is 0 Å². The third-order valence-corrected chi connectivity index (χ3v) is 3.79. The molecule has 0 saturated heterocycles. The molecule has 7 nitrogen and oxygen atoms in total. The van der Waals surface area contributed by atoms with E-state index >= 15 is 0 Å². The molecule has 0 radical (unpaired) electrons. The van der Waals surface area contributed by atoms with Gasteiger partial charge in [-0.1, -0.05) is 48.5 Å². The van der Waals surface area contributed by atoms with Crippen LogP contribution >= 0.6 is 0 Å². The average Bonchev–Trinajstić information content (AvgIpc) is 2.75. The summed E-state index contributed by atoms with van der Waals surface area (Å²) in [5, 5.41) is 36.3. The van der Waals surface area contributed by atoms with Crippen LogP contribution in [-0.4, -0.2) is 46.0 Å². The molecule has 0 amide bonds. The first kappa shape index (κ1) is 28.6. The number of para-hydroxylation sites is 1. The number of fused-ring (bicyclic) bond motifs is 1. The molecule has 5 N–H and O–H groups in total. The average molecular weight is 512 g/mol. The van der Waals surface area contributed by atoms with Crippen molar-refractivity contribution >= 4 is 22.7 Å². The molecule has 0 heterocycles. The second-order valence-electron chi connectivity index (χ2n) is 6.38. The minimum absolute atomic E-state index is 0.280. The van der Waals surface area contributed by atoms with Crippen LogP contribution in [0, 0.1) is 0 Å². The van der Waals surface area contributed by atoms with Crippen LogP contribution in [0.4, 0.5) is 5.69 Å². The molecule has 0 aliphatic rings. The van der Waals surface area contributed by atoms with Crippen molar-refractivity contribution < 1.29 is 50.7 Å². The van der Waals surface area contributed by atoms with Gasteiger partial charge < -0.3 is 20.4 Å². The Morgan fingerprint density at radius 1 is 0.871 bits per heavy atom. The zero-order chi connectivity index (χ0) is 23.6. The van der Waals surface area contributed by atoms with Crippen molar-refractivity contribution in [3.8, 4) is 5.75 Å². The van der Waals surface area contributed by atoms with Crippen molar-refractivity contribution in [1.29, 1.82) is 0 Å². The fraction of sp³-hybridized carbons (Fsp3) is 0.261. The predicted molar refractivity (Wildman–Crippen MR) is 115 cm³/mol. The van der Waals surface area contributed by atoms with E-state index in [2.05, 4.69) is 4.99 Å². The van der Waals surface area contributed by atoms with Gasteiger partial charge in [0.05, 0.1) is 17.8 Å². The van der Waals surface area contributed by atoms with Crippen LogP contribution in [0.2, 0.25) is 0 Å². The summed E-state index contributed by atoms with van der Waals surface area (Å²) in [7, 11) is 1.00. The van der Waals surface area contributed by atoms with Crippen LogP contribution in [0.5, 0.6) is 5.75 Å². The molecule has 0 spiro atoms. The number of hydrogen-bond acceptors (Lipinski definition) is 6. The molecule has 2 unspecified atom stereocenters. The van der Waals surface area contributed by atoms with Gasteiger partial charge in [-0.2, -0.15) is 0 Å². The Bertz CT molecular complexity index is 933. The van der Waals surface area contributed by atoms with Crippen molar-refractivity contribution in [2.45, 2.75) is 32.5 Å². The van der Waals surface area contributed by atoms with E-state index in [4.69, 9.17) is 22.1 Å². The minimum atomic E-state index is -2.03. The maximum absolute atomic E-state index is 10.0. The van der Waals surface area contributed by atoms with Gasteiger partial charge in [0.15, 0.2) is 6.21 Å². The first-order valence-electron chi connectivity index (χ1n) is 9.47. The standard InChI is InChI=1S/C17H13NO.C5H12O2.CH4O.Mo.2O/c19-17-11-10-13-6-4-5-9-15(13)16(17)12-18-14-7-2-1-3-8-14;1-4(6)3-5(2)7;1-2;;;/h1-12,19H;4-7H,3H2,1-2H3;2H,1H3;;;/p+1.